The summed E-state index contributed by atoms with van der Waals surface area (Å²) in [4.78, 5) is 27.3. The lowest BCUT2D eigenvalue weighted by atomic mass is 9.98. The molecule has 1 aliphatic rings. The number of carbonyl (C=O) groups excluding carboxylic acids is 1. The first-order chi connectivity index (χ1) is 10.6. The summed E-state index contributed by atoms with van der Waals surface area (Å²) in [5.74, 6) is 0.540. The molecule has 0 bridgehead atoms. The molecule has 0 aliphatic carbocycles. The molecule has 116 valence electrons. The van der Waals surface area contributed by atoms with Crippen molar-refractivity contribution in [2.24, 2.45) is 5.92 Å². The van der Waals surface area contributed by atoms with Gasteiger partial charge in [0.15, 0.2) is 0 Å². The van der Waals surface area contributed by atoms with E-state index < -0.39 is 0 Å². The number of carbonyl (C=O) groups is 1. The second-order valence-electron chi connectivity index (χ2n) is 6.15. The number of fused-ring (bicyclic) bond motifs is 1. The highest BCUT2D eigenvalue weighted by molar-refractivity contribution is 5.97. The van der Waals surface area contributed by atoms with Crippen molar-refractivity contribution >= 4 is 16.8 Å². The van der Waals surface area contributed by atoms with Gasteiger partial charge in [-0.2, -0.15) is 0 Å². The van der Waals surface area contributed by atoms with Crippen LogP contribution in [-0.2, 0) is 6.54 Å². The number of nitrogens with zero attached hydrogens (tertiary/aromatic N) is 2. The van der Waals surface area contributed by atoms with Crippen molar-refractivity contribution in [2.45, 2.75) is 33.2 Å². The molecule has 1 aromatic carbocycles. The van der Waals surface area contributed by atoms with Crippen molar-refractivity contribution in [1.29, 1.82) is 0 Å². The smallest absolute Gasteiger partial charge is 0.259 e. The SMILES string of the molecule is CCn1cc(C(=O)N2CCC(C)CC2)c(=O)c2ccccc21. The zero-order valence-corrected chi connectivity index (χ0v) is 13.2. The molecule has 4 heteroatoms. The Morgan fingerprint density at radius 1 is 1.23 bits per heavy atom. The molecule has 2 aromatic rings. The van der Waals surface area contributed by atoms with Crippen molar-refractivity contribution in [2.75, 3.05) is 13.1 Å². The minimum Gasteiger partial charge on any atom is -0.347 e. The maximum absolute atomic E-state index is 12.8. The van der Waals surface area contributed by atoms with Gasteiger partial charge in [0.05, 0.1) is 5.52 Å². The number of hydrogen-bond donors (Lipinski definition) is 0. The third kappa shape index (κ3) is 2.54. The molecule has 4 nitrogen and oxygen atoms in total. The van der Waals surface area contributed by atoms with Gasteiger partial charge in [-0.1, -0.05) is 19.1 Å². The summed E-state index contributed by atoms with van der Waals surface area (Å²) < 4.78 is 1.98. The largest absolute Gasteiger partial charge is 0.347 e. The van der Waals surface area contributed by atoms with E-state index in [1.165, 1.54) is 0 Å². The number of aromatic nitrogens is 1. The fourth-order valence-corrected chi connectivity index (χ4v) is 3.14. The van der Waals surface area contributed by atoms with Gasteiger partial charge in [-0.05, 0) is 37.8 Å². The van der Waals surface area contributed by atoms with E-state index in [-0.39, 0.29) is 11.3 Å². The van der Waals surface area contributed by atoms with Crippen LogP contribution in [0.3, 0.4) is 0 Å². The Kier molecular flexibility index (Phi) is 4.01. The molecule has 1 amide bonds. The fraction of sp³-hybridized carbons (Fsp3) is 0.444. The van der Waals surface area contributed by atoms with Crippen LogP contribution in [0, 0.1) is 5.92 Å². The third-order valence-corrected chi connectivity index (χ3v) is 4.63. The van der Waals surface area contributed by atoms with Crippen LogP contribution in [0.1, 0.15) is 37.0 Å². The Labute approximate surface area is 130 Å². The monoisotopic (exact) mass is 298 g/mol. The van der Waals surface area contributed by atoms with Crippen molar-refractivity contribution in [3.8, 4) is 0 Å². The van der Waals surface area contributed by atoms with Crippen LogP contribution in [0.25, 0.3) is 10.9 Å². The highest BCUT2D eigenvalue weighted by Crippen LogP contribution is 2.18. The van der Waals surface area contributed by atoms with E-state index in [1.54, 1.807) is 12.3 Å². The predicted octanol–water partition coefficient (Wildman–Crippen LogP) is 2.89. The fourth-order valence-electron chi connectivity index (χ4n) is 3.14. The Morgan fingerprint density at radius 3 is 2.59 bits per heavy atom. The first-order valence-electron chi connectivity index (χ1n) is 8.03. The van der Waals surface area contributed by atoms with Gasteiger partial charge in [-0.3, -0.25) is 9.59 Å². The average Bonchev–Trinajstić information content (AvgIpc) is 2.55. The molecule has 1 saturated heterocycles. The van der Waals surface area contributed by atoms with E-state index >= 15 is 0 Å². The second kappa shape index (κ2) is 5.95. The zero-order valence-electron chi connectivity index (χ0n) is 13.2. The molecule has 1 aromatic heterocycles. The van der Waals surface area contributed by atoms with Crippen molar-refractivity contribution in [3.05, 3.63) is 46.2 Å². The Hall–Kier alpha value is -2.10. The maximum Gasteiger partial charge on any atom is 0.259 e. The van der Waals surface area contributed by atoms with E-state index in [0.29, 0.717) is 16.9 Å². The van der Waals surface area contributed by atoms with Gasteiger partial charge in [0.25, 0.3) is 5.91 Å². The molecule has 0 spiro atoms. The summed E-state index contributed by atoms with van der Waals surface area (Å²) in [6.07, 6.45) is 3.76. The van der Waals surface area contributed by atoms with E-state index in [2.05, 4.69) is 6.92 Å². The molecule has 0 N–H and O–H groups in total. The van der Waals surface area contributed by atoms with Crippen LogP contribution in [-0.4, -0.2) is 28.5 Å². The van der Waals surface area contributed by atoms with Gasteiger partial charge < -0.3 is 9.47 Å². The quantitative estimate of drug-likeness (QED) is 0.855. The second-order valence-corrected chi connectivity index (χ2v) is 6.15. The third-order valence-electron chi connectivity index (χ3n) is 4.63. The van der Waals surface area contributed by atoms with Crippen LogP contribution in [0.4, 0.5) is 0 Å². The molecule has 2 heterocycles. The van der Waals surface area contributed by atoms with E-state index in [0.717, 1.165) is 38.0 Å². The van der Waals surface area contributed by atoms with E-state index in [1.807, 2.05) is 34.6 Å². The first kappa shape index (κ1) is 14.8. The van der Waals surface area contributed by atoms with Crippen molar-refractivity contribution in [3.63, 3.8) is 0 Å². The number of aryl methyl sites for hydroxylation is 1. The number of likely N-dealkylation sites (tertiary alicyclic amines) is 1. The number of hydrogen-bond acceptors (Lipinski definition) is 2. The van der Waals surface area contributed by atoms with Gasteiger partial charge in [-0.15, -0.1) is 0 Å². The van der Waals surface area contributed by atoms with Gasteiger partial charge in [-0.25, -0.2) is 0 Å². The van der Waals surface area contributed by atoms with Gasteiger partial charge in [0.1, 0.15) is 5.56 Å². The standard InChI is InChI=1S/C18H22N2O2/c1-3-19-12-15(17(21)14-6-4-5-7-16(14)19)18(22)20-10-8-13(2)9-11-20/h4-7,12-13H,3,8-11H2,1-2H3. The summed E-state index contributed by atoms with van der Waals surface area (Å²) in [7, 11) is 0. The number of benzene rings is 1. The summed E-state index contributed by atoms with van der Waals surface area (Å²) in [5, 5.41) is 0.626. The van der Waals surface area contributed by atoms with Crippen LogP contribution in [0.5, 0.6) is 0 Å². The molecule has 0 atom stereocenters. The Balaban J connectivity index is 2.05. The number of amides is 1. The van der Waals surface area contributed by atoms with Crippen molar-refractivity contribution < 1.29 is 4.79 Å². The number of rotatable bonds is 2. The Morgan fingerprint density at radius 2 is 1.91 bits per heavy atom. The highest BCUT2D eigenvalue weighted by Gasteiger charge is 2.24. The van der Waals surface area contributed by atoms with Gasteiger partial charge in [0.2, 0.25) is 5.43 Å². The summed E-state index contributed by atoms with van der Waals surface area (Å²) in [6, 6.07) is 7.50. The summed E-state index contributed by atoms with van der Waals surface area (Å²) >= 11 is 0. The lowest BCUT2D eigenvalue weighted by molar-refractivity contribution is 0.0695. The molecule has 0 radical (unpaired) electrons. The predicted molar refractivity (Wildman–Crippen MR) is 88.2 cm³/mol. The minimum absolute atomic E-state index is 0.121. The summed E-state index contributed by atoms with van der Waals surface area (Å²) in [6.45, 7) is 6.46. The summed E-state index contributed by atoms with van der Waals surface area (Å²) in [5.41, 5.74) is 1.04. The van der Waals surface area contributed by atoms with Crippen LogP contribution >= 0.6 is 0 Å². The molecular weight excluding hydrogens is 276 g/mol. The van der Waals surface area contributed by atoms with E-state index in [9.17, 15) is 9.59 Å². The van der Waals surface area contributed by atoms with E-state index in [4.69, 9.17) is 0 Å². The topological polar surface area (TPSA) is 42.3 Å². The number of piperidine rings is 1. The van der Waals surface area contributed by atoms with Crippen LogP contribution < -0.4 is 5.43 Å². The molecule has 0 unspecified atom stereocenters. The Bertz CT molecular complexity index is 755. The normalized spacial score (nSPS) is 16.2. The number of pyridine rings is 1. The zero-order chi connectivity index (χ0) is 15.7. The molecule has 0 saturated carbocycles. The molecule has 1 fully saturated rings. The van der Waals surface area contributed by atoms with Crippen molar-refractivity contribution in [1.82, 2.24) is 9.47 Å². The maximum atomic E-state index is 12.8. The lowest BCUT2D eigenvalue weighted by Crippen LogP contribution is -2.40. The molecule has 3 rings (SSSR count). The van der Waals surface area contributed by atoms with Gasteiger partial charge in [0, 0.05) is 31.2 Å². The lowest BCUT2D eigenvalue weighted by Gasteiger charge is -2.30. The first-order valence-corrected chi connectivity index (χ1v) is 8.03. The molecule has 22 heavy (non-hydrogen) atoms. The van der Waals surface area contributed by atoms with Gasteiger partial charge >= 0.3 is 0 Å². The number of para-hydroxylation sites is 1. The van der Waals surface area contributed by atoms with Crippen LogP contribution in [0.15, 0.2) is 35.3 Å². The van der Waals surface area contributed by atoms with Crippen LogP contribution in [0.2, 0.25) is 0 Å². The molecule has 1 aliphatic heterocycles. The minimum atomic E-state index is -0.149. The average molecular weight is 298 g/mol. The highest BCUT2D eigenvalue weighted by atomic mass is 16.2. The molecular formula is C18H22N2O2.